The van der Waals surface area contributed by atoms with Crippen molar-refractivity contribution in [2.45, 2.75) is 0 Å². The van der Waals surface area contributed by atoms with E-state index in [2.05, 4.69) is 20.4 Å². The topological polar surface area (TPSA) is 62.8 Å². The first-order valence-corrected chi connectivity index (χ1v) is 5.19. The Hall–Kier alpha value is -2.56. The lowest BCUT2D eigenvalue weighted by atomic mass is 10.3. The van der Waals surface area contributed by atoms with Crippen molar-refractivity contribution in [3.63, 3.8) is 0 Å². The van der Waals surface area contributed by atoms with Crippen LogP contribution >= 0.6 is 0 Å². The van der Waals surface area contributed by atoms with Gasteiger partial charge in [0.05, 0.1) is 17.2 Å². The van der Waals surface area contributed by atoms with Crippen LogP contribution in [0, 0.1) is 0 Å². The van der Waals surface area contributed by atoms with Gasteiger partial charge in [0.1, 0.15) is 0 Å². The lowest BCUT2D eigenvalue weighted by Crippen LogP contribution is -2.05. The molecule has 3 rings (SSSR count). The van der Waals surface area contributed by atoms with Gasteiger partial charge in [0.15, 0.2) is 5.75 Å². The number of fused-ring (bicyclic) bond motifs is 1. The van der Waals surface area contributed by atoms with Crippen molar-refractivity contribution in [2.75, 3.05) is 5.48 Å². The predicted octanol–water partition coefficient (Wildman–Crippen LogP) is 2.36. The molecule has 0 amide bonds. The van der Waals surface area contributed by atoms with E-state index in [1.165, 1.54) is 0 Å². The summed E-state index contributed by atoms with van der Waals surface area (Å²) in [5.74, 6) is 1.20. The molecule has 5 nitrogen and oxygen atoms in total. The second-order valence-electron chi connectivity index (χ2n) is 3.50. The molecular formula is C12H10N4O. The second kappa shape index (κ2) is 4.13. The minimum Gasteiger partial charge on any atom is -0.378 e. The molecule has 0 radical (unpaired) electrons. The van der Waals surface area contributed by atoms with Crippen molar-refractivity contribution in [1.29, 1.82) is 0 Å². The molecule has 0 saturated heterocycles. The lowest BCUT2D eigenvalue weighted by molar-refractivity contribution is 0.398. The minimum atomic E-state index is 0.565. The van der Waals surface area contributed by atoms with E-state index in [1.807, 2.05) is 30.3 Å². The summed E-state index contributed by atoms with van der Waals surface area (Å²) in [6.45, 7) is 0. The highest BCUT2D eigenvalue weighted by atomic mass is 16.6. The van der Waals surface area contributed by atoms with Gasteiger partial charge in [-0.15, -0.1) is 0 Å². The van der Waals surface area contributed by atoms with Crippen LogP contribution in [-0.2, 0) is 0 Å². The number of hydrogen-bond acceptors (Lipinski definition) is 4. The number of pyridine rings is 1. The summed E-state index contributed by atoms with van der Waals surface area (Å²) in [5, 5.41) is 0. The van der Waals surface area contributed by atoms with Crippen molar-refractivity contribution >= 4 is 17.0 Å². The Morgan fingerprint density at radius 1 is 1.12 bits per heavy atom. The molecule has 0 spiro atoms. The zero-order chi connectivity index (χ0) is 11.5. The molecule has 84 valence electrons. The van der Waals surface area contributed by atoms with Crippen LogP contribution in [0.3, 0.4) is 0 Å². The van der Waals surface area contributed by atoms with E-state index in [-0.39, 0.29) is 0 Å². The molecule has 2 aromatic heterocycles. The molecule has 0 fully saturated rings. The molecule has 2 N–H and O–H groups in total. The molecule has 0 bridgehead atoms. The van der Waals surface area contributed by atoms with Crippen molar-refractivity contribution in [3.05, 3.63) is 48.8 Å². The Labute approximate surface area is 97.4 Å². The third-order valence-corrected chi connectivity index (χ3v) is 2.29. The summed E-state index contributed by atoms with van der Waals surface area (Å²) in [5.41, 5.74) is 4.60. The summed E-state index contributed by atoms with van der Waals surface area (Å²) in [6.07, 6.45) is 3.31. The van der Waals surface area contributed by atoms with Crippen LogP contribution in [0.4, 0.5) is 5.95 Å². The SMILES string of the molecule is c1cncc(ONc2nc3ccccc3[nH]2)c1. The van der Waals surface area contributed by atoms with Gasteiger partial charge >= 0.3 is 0 Å². The molecule has 3 aromatic rings. The number of nitrogens with zero attached hydrogens (tertiary/aromatic N) is 2. The van der Waals surface area contributed by atoms with Crippen LogP contribution in [-0.4, -0.2) is 15.0 Å². The Morgan fingerprint density at radius 3 is 2.88 bits per heavy atom. The molecule has 0 aliphatic rings. The molecule has 5 heteroatoms. The highest BCUT2D eigenvalue weighted by Gasteiger charge is 2.01. The first-order chi connectivity index (χ1) is 8.42. The largest absolute Gasteiger partial charge is 0.378 e. The van der Waals surface area contributed by atoms with E-state index in [4.69, 9.17) is 4.84 Å². The van der Waals surface area contributed by atoms with Gasteiger partial charge in [0, 0.05) is 6.20 Å². The normalized spacial score (nSPS) is 10.4. The first-order valence-electron chi connectivity index (χ1n) is 5.19. The Bertz CT molecular complexity index is 587. The minimum absolute atomic E-state index is 0.565. The maximum absolute atomic E-state index is 5.32. The van der Waals surface area contributed by atoms with Gasteiger partial charge in [0.2, 0.25) is 5.95 Å². The van der Waals surface area contributed by atoms with Gasteiger partial charge in [-0.25, -0.2) is 4.98 Å². The van der Waals surface area contributed by atoms with E-state index in [1.54, 1.807) is 18.5 Å². The Morgan fingerprint density at radius 2 is 2.06 bits per heavy atom. The number of hydrogen-bond donors (Lipinski definition) is 2. The molecule has 0 aliphatic carbocycles. The van der Waals surface area contributed by atoms with Crippen molar-refractivity contribution < 1.29 is 4.84 Å². The first kappa shape index (κ1) is 9.65. The van der Waals surface area contributed by atoms with Crippen LogP contribution in [0.2, 0.25) is 0 Å². The average molecular weight is 226 g/mol. The second-order valence-corrected chi connectivity index (χ2v) is 3.50. The molecule has 0 aliphatic heterocycles. The summed E-state index contributed by atoms with van der Waals surface area (Å²) in [6, 6.07) is 11.4. The van der Waals surface area contributed by atoms with Crippen LogP contribution in [0.15, 0.2) is 48.8 Å². The molecule has 0 saturated carbocycles. The van der Waals surface area contributed by atoms with E-state index in [0.717, 1.165) is 11.0 Å². The molecule has 2 heterocycles. The standard InChI is InChI=1S/C12H10N4O/c1-2-6-11-10(5-1)14-12(15-11)16-17-9-4-3-7-13-8-9/h1-8H,(H2,14,15,16). The van der Waals surface area contributed by atoms with E-state index in [0.29, 0.717) is 11.7 Å². The highest BCUT2D eigenvalue weighted by Crippen LogP contribution is 2.14. The fourth-order valence-corrected chi connectivity index (χ4v) is 1.52. The summed E-state index contributed by atoms with van der Waals surface area (Å²) in [7, 11) is 0. The fraction of sp³-hybridized carbons (Fsp3) is 0. The van der Waals surface area contributed by atoms with Gasteiger partial charge < -0.3 is 9.82 Å². The number of imidazole rings is 1. The third kappa shape index (κ3) is 2.03. The van der Waals surface area contributed by atoms with Crippen molar-refractivity contribution in [3.8, 4) is 5.75 Å². The number of nitrogens with one attached hydrogen (secondary N) is 2. The quantitative estimate of drug-likeness (QED) is 0.673. The van der Waals surface area contributed by atoms with Crippen molar-refractivity contribution in [2.24, 2.45) is 0 Å². The number of aromatic amines is 1. The van der Waals surface area contributed by atoms with Crippen LogP contribution in [0.25, 0.3) is 11.0 Å². The monoisotopic (exact) mass is 226 g/mol. The van der Waals surface area contributed by atoms with Gasteiger partial charge in [-0.1, -0.05) is 12.1 Å². The van der Waals surface area contributed by atoms with Gasteiger partial charge in [0.25, 0.3) is 0 Å². The van der Waals surface area contributed by atoms with Crippen LogP contribution < -0.4 is 10.3 Å². The number of para-hydroxylation sites is 2. The predicted molar refractivity (Wildman–Crippen MR) is 64.6 cm³/mol. The number of rotatable bonds is 3. The van der Waals surface area contributed by atoms with E-state index >= 15 is 0 Å². The molecule has 0 atom stereocenters. The zero-order valence-electron chi connectivity index (χ0n) is 8.92. The average Bonchev–Trinajstić information content (AvgIpc) is 2.80. The Kier molecular flexibility index (Phi) is 2.34. The maximum Gasteiger partial charge on any atom is 0.235 e. The van der Waals surface area contributed by atoms with Crippen LogP contribution in [0.1, 0.15) is 0 Å². The third-order valence-electron chi connectivity index (χ3n) is 2.29. The summed E-state index contributed by atoms with van der Waals surface area (Å²) in [4.78, 5) is 16.7. The molecule has 17 heavy (non-hydrogen) atoms. The van der Waals surface area contributed by atoms with Crippen molar-refractivity contribution in [1.82, 2.24) is 15.0 Å². The van der Waals surface area contributed by atoms with E-state index in [9.17, 15) is 0 Å². The van der Waals surface area contributed by atoms with Gasteiger partial charge in [-0.3, -0.25) is 4.98 Å². The smallest absolute Gasteiger partial charge is 0.235 e. The van der Waals surface area contributed by atoms with Gasteiger partial charge in [-0.2, -0.15) is 5.48 Å². The Balaban J connectivity index is 1.77. The molecular weight excluding hydrogens is 216 g/mol. The van der Waals surface area contributed by atoms with Crippen LogP contribution in [0.5, 0.6) is 5.75 Å². The van der Waals surface area contributed by atoms with Gasteiger partial charge in [-0.05, 0) is 24.3 Å². The van der Waals surface area contributed by atoms with E-state index < -0.39 is 0 Å². The number of H-pyrrole nitrogens is 1. The number of aromatic nitrogens is 3. The lowest BCUT2D eigenvalue weighted by Gasteiger charge is -2.03. The molecule has 0 unspecified atom stereocenters. The number of benzene rings is 1. The zero-order valence-corrected chi connectivity index (χ0v) is 8.92. The number of anilines is 1. The summed E-state index contributed by atoms with van der Waals surface area (Å²) < 4.78 is 0. The fourth-order valence-electron chi connectivity index (χ4n) is 1.52. The molecule has 1 aromatic carbocycles. The summed E-state index contributed by atoms with van der Waals surface area (Å²) >= 11 is 0. The highest BCUT2D eigenvalue weighted by molar-refractivity contribution is 5.77. The maximum atomic E-state index is 5.32.